The van der Waals surface area contributed by atoms with E-state index in [1.807, 2.05) is 24.3 Å². The monoisotopic (exact) mass is 530 g/mol. The van der Waals surface area contributed by atoms with Crippen LogP contribution in [0.4, 0.5) is 5.82 Å². The summed E-state index contributed by atoms with van der Waals surface area (Å²) in [6.45, 7) is 0. The van der Waals surface area contributed by atoms with Crippen LogP contribution in [0.1, 0.15) is 25.7 Å². The molecule has 2 bridgehead atoms. The average molecular weight is 531 g/mol. The fourth-order valence-electron chi connectivity index (χ4n) is 6.10. The molecule has 3 aliphatic carbocycles. The van der Waals surface area contributed by atoms with Crippen LogP contribution in [0.5, 0.6) is 0 Å². The summed E-state index contributed by atoms with van der Waals surface area (Å²) in [5.41, 5.74) is 1.90. The second kappa shape index (κ2) is 8.78. The number of halogens is 1. The number of aromatic nitrogens is 5. The second-order valence-corrected chi connectivity index (χ2v) is 11.4. The van der Waals surface area contributed by atoms with Crippen molar-refractivity contribution >= 4 is 55.8 Å². The zero-order chi connectivity index (χ0) is 25.1. The van der Waals surface area contributed by atoms with E-state index >= 15 is 0 Å². The second-order valence-electron chi connectivity index (χ2n) is 9.92. The van der Waals surface area contributed by atoms with Crippen molar-refractivity contribution in [1.29, 1.82) is 0 Å². The number of thiophene rings is 1. The molecule has 0 radical (unpaired) electrons. The number of rotatable bonds is 5. The lowest BCUT2D eigenvalue weighted by molar-refractivity contribution is -0.148. The van der Waals surface area contributed by atoms with Gasteiger partial charge in [0.1, 0.15) is 16.7 Å². The number of hydrogen-bond donors (Lipinski definition) is 3. The van der Waals surface area contributed by atoms with Crippen LogP contribution in [0.3, 0.4) is 0 Å². The average Bonchev–Trinajstić information content (AvgIpc) is 3.53. The van der Waals surface area contributed by atoms with Crippen molar-refractivity contribution in [2.75, 3.05) is 5.32 Å². The summed E-state index contributed by atoms with van der Waals surface area (Å²) in [6, 6.07) is 15.7. The Balaban J connectivity index is 1.36. The van der Waals surface area contributed by atoms with Crippen LogP contribution >= 0.6 is 22.9 Å². The van der Waals surface area contributed by atoms with E-state index in [1.165, 1.54) is 4.70 Å². The van der Waals surface area contributed by atoms with Gasteiger partial charge in [-0.15, -0.1) is 11.3 Å². The third-order valence-corrected chi connectivity index (χ3v) is 9.17. The fourth-order valence-corrected chi connectivity index (χ4v) is 7.27. The molecule has 2 unspecified atom stereocenters. The van der Waals surface area contributed by atoms with Gasteiger partial charge in [0.25, 0.3) is 0 Å². The smallest absolute Gasteiger partial charge is 0.308 e. The van der Waals surface area contributed by atoms with Crippen molar-refractivity contribution in [3.8, 4) is 22.1 Å². The highest BCUT2D eigenvalue weighted by Gasteiger charge is 2.47. The predicted molar refractivity (Wildman–Crippen MR) is 145 cm³/mol. The molecule has 186 valence electrons. The number of nitrogens with one attached hydrogen (secondary N) is 2. The third-order valence-electron chi connectivity index (χ3n) is 7.82. The summed E-state index contributed by atoms with van der Waals surface area (Å²) in [6.07, 6.45) is 4.06. The highest BCUT2D eigenvalue weighted by atomic mass is 35.5. The van der Waals surface area contributed by atoms with Crippen LogP contribution in [0.25, 0.3) is 43.2 Å². The van der Waals surface area contributed by atoms with E-state index in [1.54, 1.807) is 17.4 Å². The molecule has 37 heavy (non-hydrogen) atoms. The van der Waals surface area contributed by atoms with E-state index in [0.29, 0.717) is 34.1 Å². The molecule has 8 nitrogen and oxygen atoms in total. The molecule has 1 aromatic carbocycles. The minimum atomic E-state index is -0.729. The number of H-pyrrole nitrogens is 1. The highest BCUT2D eigenvalue weighted by molar-refractivity contribution is 7.22. The molecule has 2 atom stereocenters. The Kier molecular flexibility index (Phi) is 5.37. The van der Waals surface area contributed by atoms with E-state index in [-0.39, 0.29) is 12.0 Å². The normalized spacial score (nSPS) is 23.1. The quantitative estimate of drug-likeness (QED) is 0.230. The Morgan fingerprint density at radius 3 is 2.65 bits per heavy atom. The van der Waals surface area contributed by atoms with Gasteiger partial charge >= 0.3 is 5.97 Å². The van der Waals surface area contributed by atoms with Crippen molar-refractivity contribution in [2.45, 2.75) is 31.7 Å². The minimum Gasteiger partial charge on any atom is -0.481 e. The molecule has 4 aromatic heterocycles. The molecule has 3 saturated carbocycles. The van der Waals surface area contributed by atoms with Crippen molar-refractivity contribution in [2.24, 2.45) is 17.8 Å². The number of hydrogen-bond acceptors (Lipinski definition) is 7. The fraction of sp³-hybridized carbons (Fsp3) is 0.296. The van der Waals surface area contributed by atoms with E-state index in [0.717, 1.165) is 47.0 Å². The van der Waals surface area contributed by atoms with E-state index in [9.17, 15) is 9.90 Å². The molecule has 0 saturated heterocycles. The number of aromatic amines is 1. The zero-order valence-electron chi connectivity index (χ0n) is 19.7. The third kappa shape index (κ3) is 3.93. The first-order chi connectivity index (χ1) is 18.0. The number of carboxylic acid groups (broad SMARTS) is 1. The van der Waals surface area contributed by atoms with Gasteiger partial charge < -0.3 is 10.4 Å². The maximum Gasteiger partial charge on any atom is 0.308 e. The van der Waals surface area contributed by atoms with Crippen molar-refractivity contribution in [1.82, 2.24) is 25.1 Å². The molecule has 3 aliphatic rings. The summed E-state index contributed by atoms with van der Waals surface area (Å²) in [7, 11) is 0. The van der Waals surface area contributed by atoms with Crippen LogP contribution in [-0.2, 0) is 4.79 Å². The summed E-state index contributed by atoms with van der Waals surface area (Å²) in [5, 5.41) is 23.3. The lowest BCUT2D eigenvalue weighted by atomic mass is 9.61. The van der Waals surface area contributed by atoms with Crippen LogP contribution in [0, 0.1) is 17.8 Å². The first kappa shape index (κ1) is 22.6. The topological polar surface area (TPSA) is 117 Å². The molecule has 5 aromatic rings. The first-order valence-electron chi connectivity index (χ1n) is 12.4. The van der Waals surface area contributed by atoms with E-state index in [2.05, 4.69) is 38.7 Å². The van der Waals surface area contributed by atoms with Gasteiger partial charge in [-0.1, -0.05) is 29.8 Å². The number of aliphatic carboxylic acids is 1. The molecule has 4 heterocycles. The van der Waals surface area contributed by atoms with E-state index < -0.39 is 11.9 Å². The van der Waals surface area contributed by atoms with Crippen LogP contribution in [0.2, 0.25) is 5.15 Å². The number of carbonyl (C=O) groups is 1. The Morgan fingerprint density at radius 1 is 1.03 bits per heavy atom. The van der Waals surface area contributed by atoms with Gasteiger partial charge in [-0.3, -0.25) is 9.89 Å². The van der Waals surface area contributed by atoms with Gasteiger partial charge in [0.2, 0.25) is 0 Å². The van der Waals surface area contributed by atoms with Gasteiger partial charge in [-0.05, 0) is 67.2 Å². The molecule has 3 N–H and O–H groups in total. The summed E-state index contributed by atoms with van der Waals surface area (Å²) < 4.78 is 1.17. The summed E-state index contributed by atoms with van der Waals surface area (Å²) >= 11 is 7.74. The molecular weight excluding hydrogens is 508 g/mol. The Labute approximate surface area is 221 Å². The van der Waals surface area contributed by atoms with Gasteiger partial charge in [-0.25, -0.2) is 15.0 Å². The zero-order valence-corrected chi connectivity index (χ0v) is 21.3. The largest absolute Gasteiger partial charge is 0.481 e. The summed E-state index contributed by atoms with van der Waals surface area (Å²) in [4.78, 5) is 27.3. The highest BCUT2D eigenvalue weighted by Crippen LogP contribution is 2.46. The molecule has 3 fully saturated rings. The van der Waals surface area contributed by atoms with Crippen molar-refractivity contribution < 1.29 is 9.90 Å². The Hall–Kier alpha value is -3.56. The predicted octanol–water partition coefficient (Wildman–Crippen LogP) is 6.25. The van der Waals surface area contributed by atoms with Gasteiger partial charge in [0.05, 0.1) is 21.9 Å². The maximum atomic E-state index is 12.3. The first-order valence-corrected chi connectivity index (χ1v) is 13.6. The van der Waals surface area contributed by atoms with Gasteiger partial charge in [-0.2, -0.15) is 5.10 Å². The van der Waals surface area contributed by atoms with Crippen LogP contribution in [0.15, 0.2) is 48.5 Å². The molecular formula is C27H23ClN6O2S. The SMILES string of the molecule is O=C(O)C1C2CCC(CC2)C1Nc1cc(-c2cc3ccccc3s2)nc(-c2n[nH]c3nc(Cl)ccc23)n1. The number of nitrogens with zero attached hydrogens (tertiary/aromatic N) is 4. The number of fused-ring (bicyclic) bond motifs is 5. The molecule has 0 aliphatic heterocycles. The molecule has 8 rings (SSSR count). The summed E-state index contributed by atoms with van der Waals surface area (Å²) in [5.74, 6) is 0.424. The number of carboxylic acids is 1. The lowest BCUT2D eigenvalue weighted by Crippen LogP contribution is -2.51. The van der Waals surface area contributed by atoms with Gasteiger partial charge in [0, 0.05) is 16.8 Å². The van der Waals surface area contributed by atoms with Gasteiger partial charge in [0.15, 0.2) is 11.5 Å². The molecule has 0 amide bonds. The maximum absolute atomic E-state index is 12.3. The number of anilines is 1. The standard InChI is InChI=1S/C27H23ClN6O2S/c28-20-10-9-16-24(33-34-25(16)30-20)26-29-17(19-11-15-3-1-2-4-18(15)37-19)12-21(32-26)31-23-14-7-5-13(6-8-14)22(23)27(35)36/h1-4,9-14,22-23H,5-8H2,(H,35,36)(H,29,31,32)(H,30,33,34). The molecule has 0 spiro atoms. The Morgan fingerprint density at radius 2 is 1.84 bits per heavy atom. The molecule has 10 heteroatoms. The van der Waals surface area contributed by atoms with Crippen LogP contribution < -0.4 is 5.32 Å². The number of pyridine rings is 1. The number of benzene rings is 1. The van der Waals surface area contributed by atoms with Crippen molar-refractivity contribution in [3.05, 3.63) is 53.7 Å². The van der Waals surface area contributed by atoms with E-state index in [4.69, 9.17) is 21.6 Å². The van der Waals surface area contributed by atoms with Crippen LogP contribution in [-0.4, -0.2) is 42.3 Å². The Bertz CT molecular complexity index is 1620. The minimum absolute atomic E-state index is 0.167. The lowest BCUT2D eigenvalue weighted by Gasteiger charge is -2.47. The van der Waals surface area contributed by atoms with Crippen molar-refractivity contribution in [3.63, 3.8) is 0 Å².